The van der Waals surface area contributed by atoms with Gasteiger partial charge in [0, 0.05) is 25.1 Å². The summed E-state index contributed by atoms with van der Waals surface area (Å²) in [4.78, 5) is 12.1. The Bertz CT molecular complexity index is 599. The molecule has 1 rings (SSSR count). The second-order valence-corrected chi connectivity index (χ2v) is 7.36. The number of hydrogen-bond donors (Lipinski definition) is 2. The predicted molar refractivity (Wildman–Crippen MR) is 84.0 cm³/mol. The van der Waals surface area contributed by atoms with Gasteiger partial charge >= 0.3 is 0 Å². The van der Waals surface area contributed by atoms with Gasteiger partial charge in [0.2, 0.25) is 5.91 Å². The van der Waals surface area contributed by atoms with Crippen LogP contribution >= 0.6 is 0 Å². The Balaban J connectivity index is 2.74. The summed E-state index contributed by atoms with van der Waals surface area (Å²) in [6, 6.07) is 5.03. The molecule has 1 aromatic rings. The minimum Gasteiger partial charge on any atom is -0.399 e. The van der Waals surface area contributed by atoms with E-state index >= 15 is 0 Å². The van der Waals surface area contributed by atoms with Crippen molar-refractivity contribution in [1.82, 2.24) is 0 Å². The average molecular weight is 314 g/mol. The zero-order valence-electron chi connectivity index (χ0n) is 12.5. The summed E-state index contributed by atoms with van der Waals surface area (Å²) in [7, 11) is -1.98. The van der Waals surface area contributed by atoms with Crippen LogP contribution in [0, 0.1) is 6.92 Å². The molecule has 0 saturated carbocycles. The Morgan fingerprint density at radius 2 is 2.10 bits per heavy atom. The number of aryl methyl sites for hydroxylation is 1. The molecule has 0 fully saturated rings. The SMILES string of the molecule is COCCCS(=O)(=O)C(C)C(=O)Nc1ccc(N)cc1C. The zero-order valence-corrected chi connectivity index (χ0v) is 13.4. The van der Waals surface area contributed by atoms with E-state index in [4.69, 9.17) is 10.5 Å². The van der Waals surface area contributed by atoms with Crippen LogP contribution in [0.5, 0.6) is 0 Å². The molecule has 0 radical (unpaired) electrons. The standard InChI is InChI=1S/C14H22N2O4S/c1-10-9-12(15)5-6-13(10)16-14(17)11(2)21(18,19)8-4-7-20-3/h5-6,9,11H,4,7-8,15H2,1-3H3,(H,16,17). The maximum Gasteiger partial charge on any atom is 0.242 e. The minimum atomic E-state index is -3.49. The Morgan fingerprint density at radius 3 is 2.67 bits per heavy atom. The number of rotatable bonds is 7. The molecule has 1 atom stereocenters. The minimum absolute atomic E-state index is 0.0733. The first-order chi connectivity index (χ1) is 9.77. The number of nitrogen functional groups attached to an aromatic ring is 1. The van der Waals surface area contributed by atoms with Crippen LogP contribution < -0.4 is 11.1 Å². The maximum atomic E-state index is 12.1. The highest BCUT2D eigenvalue weighted by Gasteiger charge is 2.27. The largest absolute Gasteiger partial charge is 0.399 e. The second kappa shape index (κ2) is 7.42. The number of nitrogens with two attached hydrogens (primary N) is 1. The first kappa shape index (κ1) is 17.5. The van der Waals surface area contributed by atoms with E-state index < -0.39 is 21.0 Å². The number of amides is 1. The van der Waals surface area contributed by atoms with Crippen molar-refractivity contribution in [2.45, 2.75) is 25.5 Å². The second-order valence-electron chi connectivity index (χ2n) is 4.92. The topological polar surface area (TPSA) is 98.5 Å². The highest BCUT2D eigenvalue weighted by atomic mass is 32.2. The third-order valence-corrected chi connectivity index (χ3v) is 5.34. The van der Waals surface area contributed by atoms with Crippen molar-refractivity contribution in [3.63, 3.8) is 0 Å². The third kappa shape index (κ3) is 5.02. The highest BCUT2D eigenvalue weighted by molar-refractivity contribution is 7.92. The molecule has 0 saturated heterocycles. The third-order valence-electron chi connectivity index (χ3n) is 3.19. The summed E-state index contributed by atoms with van der Waals surface area (Å²) in [6.07, 6.45) is 0.372. The summed E-state index contributed by atoms with van der Waals surface area (Å²) in [5, 5.41) is 1.52. The number of nitrogens with one attached hydrogen (secondary N) is 1. The summed E-state index contributed by atoms with van der Waals surface area (Å²) in [5.41, 5.74) is 7.57. The van der Waals surface area contributed by atoms with Crippen molar-refractivity contribution in [3.05, 3.63) is 23.8 Å². The van der Waals surface area contributed by atoms with Crippen molar-refractivity contribution in [2.75, 3.05) is 30.5 Å². The fraction of sp³-hybridized carbons (Fsp3) is 0.500. The van der Waals surface area contributed by atoms with Gasteiger partial charge in [0.05, 0.1) is 5.75 Å². The van der Waals surface area contributed by atoms with E-state index in [9.17, 15) is 13.2 Å². The van der Waals surface area contributed by atoms with Gasteiger partial charge in [0.25, 0.3) is 0 Å². The van der Waals surface area contributed by atoms with E-state index in [1.54, 1.807) is 25.1 Å². The molecule has 1 amide bonds. The van der Waals surface area contributed by atoms with E-state index in [1.807, 2.05) is 0 Å². The maximum absolute atomic E-state index is 12.1. The number of sulfone groups is 1. The molecule has 0 bridgehead atoms. The normalized spacial score (nSPS) is 12.9. The summed E-state index contributed by atoms with van der Waals surface area (Å²) in [5.74, 6) is -0.615. The molecule has 1 aromatic carbocycles. The Hall–Kier alpha value is -1.60. The summed E-state index contributed by atoms with van der Waals surface area (Å²) >= 11 is 0. The molecule has 0 aliphatic heterocycles. The molecule has 1 unspecified atom stereocenters. The van der Waals surface area contributed by atoms with Gasteiger partial charge < -0.3 is 15.8 Å². The first-order valence-electron chi connectivity index (χ1n) is 6.65. The fourth-order valence-corrected chi connectivity index (χ4v) is 3.06. The van der Waals surface area contributed by atoms with Gasteiger partial charge in [-0.15, -0.1) is 0 Å². The van der Waals surface area contributed by atoms with E-state index in [0.717, 1.165) is 5.56 Å². The van der Waals surface area contributed by atoms with Crippen LogP contribution in [0.4, 0.5) is 11.4 Å². The van der Waals surface area contributed by atoms with Gasteiger partial charge in [-0.3, -0.25) is 4.79 Å². The first-order valence-corrected chi connectivity index (χ1v) is 8.37. The van der Waals surface area contributed by atoms with Crippen LogP contribution in [0.15, 0.2) is 18.2 Å². The van der Waals surface area contributed by atoms with Crippen molar-refractivity contribution in [2.24, 2.45) is 0 Å². The van der Waals surface area contributed by atoms with Crippen LogP contribution in [0.1, 0.15) is 18.9 Å². The molecule has 0 aromatic heterocycles. The number of carbonyl (C=O) groups is 1. The molecule has 7 heteroatoms. The lowest BCUT2D eigenvalue weighted by atomic mass is 10.2. The number of hydrogen-bond acceptors (Lipinski definition) is 5. The molecular weight excluding hydrogens is 292 g/mol. The predicted octanol–water partition coefficient (Wildman–Crippen LogP) is 1.36. The van der Waals surface area contributed by atoms with E-state index in [0.29, 0.717) is 24.4 Å². The van der Waals surface area contributed by atoms with Crippen LogP contribution in [0.2, 0.25) is 0 Å². The quantitative estimate of drug-likeness (QED) is 0.585. The monoisotopic (exact) mass is 314 g/mol. The molecule has 3 N–H and O–H groups in total. The molecule has 0 aliphatic rings. The smallest absolute Gasteiger partial charge is 0.242 e. The van der Waals surface area contributed by atoms with Crippen LogP contribution in [0.3, 0.4) is 0 Å². The molecule has 118 valence electrons. The van der Waals surface area contributed by atoms with Gasteiger partial charge in [-0.25, -0.2) is 8.42 Å². The van der Waals surface area contributed by atoms with Crippen LogP contribution in [-0.2, 0) is 19.4 Å². The van der Waals surface area contributed by atoms with Crippen molar-refractivity contribution in [3.8, 4) is 0 Å². The van der Waals surface area contributed by atoms with E-state index in [-0.39, 0.29) is 5.75 Å². The van der Waals surface area contributed by atoms with E-state index in [2.05, 4.69) is 5.32 Å². The number of methoxy groups -OCH3 is 1. The Labute approximate surface area is 125 Å². The summed E-state index contributed by atoms with van der Waals surface area (Å²) in [6.45, 7) is 3.54. The van der Waals surface area contributed by atoms with Gasteiger partial charge in [-0.05, 0) is 44.0 Å². The lowest BCUT2D eigenvalue weighted by Crippen LogP contribution is -2.34. The van der Waals surface area contributed by atoms with Crippen molar-refractivity contribution >= 4 is 27.1 Å². The zero-order chi connectivity index (χ0) is 16.0. The van der Waals surface area contributed by atoms with Gasteiger partial charge in [0.1, 0.15) is 5.25 Å². The lowest BCUT2D eigenvalue weighted by molar-refractivity contribution is -0.115. The van der Waals surface area contributed by atoms with Crippen molar-refractivity contribution in [1.29, 1.82) is 0 Å². The summed E-state index contributed by atoms with van der Waals surface area (Å²) < 4.78 is 28.9. The molecule has 0 aliphatic carbocycles. The van der Waals surface area contributed by atoms with Crippen LogP contribution in [-0.4, -0.2) is 39.0 Å². The van der Waals surface area contributed by atoms with Gasteiger partial charge in [-0.1, -0.05) is 0 Å². The number of benzene rings is 1. The Kier molecular flexibility index (Phi) is 6.17. The Morgan fingerprint density at radius 1 is 1.43 bits per heavy atom. The average Bonchev–Trinajstić information content (AvgIpc) is 2.41. The van der Waals surface area contributed by atoms with Gasteiger partial charge in [-0.2, -0.15) is 0 Å². The van der Waals surface area contributed by atoms with E-state index in [1.165, 1.54) is 14.0 Å². The molecule has 21 heavy (non-hydrogen) atoms. The molecule has 0 heterocycles. The highest BCUT2D eigenvalue weighted by Crippen LogP contribution is 2.18. The van der Waals surface area contributed by atoms with Crippen LogP contribution in [0.25, 0.3) is 0 Å². The number of carbonyl (C=O) groups excluding carboxylic acids is 1. The molecule has 6 nitrogen and oxygen atoms in total. The van der Waals surface area contributed by atoms with Gasteiger partial charge in [0.15, 0.2) is 9.84 Å². The molecule has 0 spiro atoms. The number of anilines is 2. The molecular formula is C14H22N2O4S. The lowest BCUT2D eigenvalue weighted by Gasteiger charge is -2.14. The number of ether oxygens (including phenoxy) is 1. The fourth-order valence-electron chi connectivity index (χ4n) is 1.81. The van der Waals surface area contributed by atoms with Crippen molar-refractivity contribution < 1.29 is 17.9 Å².